The summed E-state index contributed by atoms with van der Waals surface area (Å²) >= 11 is 0. The number of H-pyrrole nitrogens is 1. The Bertz CT molecular complexity index is 448. The van der Waals surface area contributed by atoms with Crippen LogP contribution in [0.1, 0.15) is 44.2 Å². The van der Waals surface area contributed by atoms with Gasteiger partial charge >= 0.3 is 5.97 Å². The van der Waals surface area contributed by atoms with E-state index in [2.05, 4.69) is 15.5 Å². The topological polar surface area (TPSA) is 95.1 Å². The van der Waals surface area contributed by atoms with E-state index in [9.17, 15) is 14.7 Å². The second-order valence-corrected chi connectivity index (χ2v) is 5.54. The minimum Gasteiger partial charge on any atom is -0.481 e. The molecule has 0 unspecified atom stereocenters. The zero-order chi connectivity index (χ0) is 14.4. The summed E-state index contributed by atoms with van der Waals surface area (Å²) in [7, 11) is 0. The number of aliphatic carboxylic acids is 1. The summed E-state index contributed by atoms with van der Waals surface area (Å²) < 4.78 is 0. The summed E-state index contributed by atoms with van der Waals surface area (Å²) in [6.07, 6.45) is 7.08. The molecular formula is C14H21N3O3. The molecule has 0 atom stereocenters. The third-order valence-electron chi connectivity index (χ3n) is 4.05. The summed E-state index contributed by atoms with van der Waals surface area (Å²) in [6, 6.07) is 1.73. The van der Waals surface area contributed by atoms with E-state index < -0.39 is 11.4 Å². The van der Waals surface area contributed by atoms with E-state index in [4.69, 9.17) is 0 Å². The van der Waals surface area contributed by atoms with Crippen LogP contribution in [-0.2, 0) is 16.0 Å². The van der Waals surface area contributed by atoms with Crippen molar-refractivity contribution < 1.29 is 14.7 Å². The van der Waals surface area contributed by atoms with E-state index in [-0.39, 0.29) is 18.9 Å². The molecule has 1 amide bonds. The summed E-state index contributed by atoms with van der Waals surface area (Å²) in [5.41, 5.74) is -0.0621. The largest absolute Gasteiger partial charge is 0.481 e. The van der Waals surface area contributed by atoms with Crippen LogP contribution in [-0.4, -0.2) is 33.7 Å². The van der Waals surface area contributed by atoms with Crippen molar-refractivity contribution in [2.45, 2.75) is 44.9 Å². The first-order valence-electron chi connectivity index (χ1n) is 7.11. The highest BCUT2D eigenvalue weighted by Gasteiger charge is 2.38. The van der Waals surface area contributed by atoms with Gasteiger partial charge in [0.15, 0.2) is 0 Å². The van der Waals surface area contributed by atoms with Crippen LogP contribution in [0.4, 0.5) is 0 Å². The molecule has 0 bridgehead atoms. The van der Waals surface area contributed by atoms with Crippen molar-refractivity contribution in [1.82, 2.24) is 15.5 Å². The van der Waals surface area contributed by atoms with Crippen LogP contribution in [0, 0.1) is 5.41 Å². The first-order chi connectivity index (χ1) is 9.62. The Kier molecular flexibility index (Phi) is 4.76. The maximum absolute atomic E-state index is 11.9. The molecule has 1 aliphatic carbocycles. The molecule has 1 aliphatic rings. The van der Waals surface area contributed by atoms with Gasteiger partial charge in [-0.05, 0) is 18.9 Å². The maximum Gasteiger partial charge on any atom is 0.311 e. The van der Waals surface area contributed by atoms with Crippen molar-refractivity contribution in [3.05, 3.63) is 18.0 Å². The summed E-state index contributed by atoms with van der Waals surface area (Å²) in [4.78, 5) is 23.4. The standard InChI is InChI=1S/C14H21N3O3/c18-12(9-11-5-8-16-17-11)15-10-14(13(19)20)6-3-1-2-4-7-14/h5,8H,1-4,6-7,9-10H2,(H,15,18)(H,16,17)(H,19,20). The van der Waals surface area contributed by atoms with Gasteiger partial charge in [-0.25, -0.2) is 0 Å². The van der Waals surface area contributed by atoms with Crippen molar-refractivity contribution in [2.75, 3.05) is 6.54 Å². The van der Waals surface area contributed by atoms with Crippen LogP contribution < -0.4 is 5.32 Å². The maximum atomic E-state index is 11.9. The number of amides is 1. The normalized spacial score (nSPS) is 18.2. The lowest BCUT2D eigenvalue weighted by molar-refractivity contribution is -0.149. The molecule has 110 valence electrons. The molecule has 1 aromatic rings. The van der Waals surface area contributed by atoms with Gasteiger partial charge < -0.3 is 10.4 Å². The number of nitrogens with one attached hydrogen (secondary N) is 2. The van der Waals surface area contributed by atoms with Crippen LogP contribution >= 0.6 is 0 Å². The fraction of sp³-hybridized carbons (Fsp3) is 0.643. The predicted molar refractivity (Wildman–Crippen MR) is 73.1 cm³/mol. The van der Waals surface area contributed by atoms with E-state index >= 15 is 0 Å². The Morgan fingerprint density at radius 1 is 1.30 bits per heavy atom. The highest BCUT2D eigenvalue weighted by atomic mass is 16.4. The SMILES string of the molecule is O=C(Cc1ccn[nH]1)NCC1(C(=O)O)CCCCCC1. The fourth-order valence-corrected chi connectivity index (χ4v) is 2.76. The van der Waals surface area contributed by atoms with E-state index in [1.54, 1.807) is 12.3 Å². The van der Waals surface area contributed by atoms with Gasteiger partial charge in [0.1, 0.15) is 0 Å². The van der Waals surface area contributed by atoms with E-state index in [0.29, 0.717) is 12.8 Å². The van der Waals surface area contributed by atoms with Gasteiger partial charge in [0.25, 0.3) is 0 Å². The molecular weight excluding hydrogens is 258 g/mol. The van der Waals surface area contributed by atoms with Gasteiger partial charge in [0.2, 0.25) is 5.91 Å². The van der Waals surface area contributed by atoms with Crippen LogP contribution in [0.2, 0.25) is 0 Å². The fourth-order valence-electron chi connectivity index (χ4n) is 2.76. The minimum atomic E-state index is -0.792. The molecule has 2 rings (SSSR count). The number of hydrogen-bond donors (Lipinski definition) is 3. The predicted octanol–water partition coefficient (Wildman–Crippen LogP) is 1.49. The second-order valence-electron chi connectivity index (χ2n) is 5.54. The van der Waals surface area contributed by atoms with Gasteiger partial charge in [-0.1, -0.05) is 25.7 Å². The Labute approximate surface area is 118 Å². The molecule has 1 fully saturated rings. The highest BCUT2D eigenvalue weighted by molar-refractivity contribution is 5.80. The molecule has 0 aromatic carbocycles. The van der Waals surface area contributed by atoms with E-state index in [1.165, 1.54) is 0 Å². The Morgan fingerprint density at radius 3 is 2.55 bits per heavy atom. The minimum absolute atomic E-state index is 0.167. The summed E-state index contributed by atoms with van der Waals surface area (Å²) in [5, 5.41) is 18.8. The average molecular weight is 279 g/mol. The first-order valence-corrected chi connectivity index (χ1v) is 7.11. The zero-order valence-corrected chi connectivity index (χ0v) is 11.5. The van der Waals surface area contributed by atoms with Gasteiger partial charge in [-0.15, -0.1) is 0 Å². The van der Waals surface area contributed by atoms with Gasteiger partial charge in [-0.3, -0.25) is 14.7 Å². The molecule has 6 nitrogen and oxygen atoms in total. The first kappa shape index (κ1) is 14.6. The number of carbonyl (C=O) groups is 2. The van der Waals surface area contributed by atoms with Crippen molar-refractivity contribution in [1.29, 1.82) is 0 Å². The van der Waals surface area contributed by atoms with Crippen LogP contribution in [0.25, 0.3) is 0 Å². The lowest BCUT2D eigenvalue weighted by atomic mass is 9.80. The molecule has 1 aromatic heterocycles. The molecule has 0 saturated heterocycles. The molecule has 6 heteroatoms. The van der Waals surface area contributed by atoms with Crippen molar-refractivity contribution in [2.24, 2.45) is 5.41 Å². The lowest BCUT2D eigenvalue weighted by Crippen LogP contribution is -2.43. The number of carbonyl (C=O) groups excluding carboxylic acids is 1. The van der Waals surface area contributed by atoms with Crippen LogP contribution in [0.5, 0.6) is 0 Å². The van der Waals surface area contributed by atoms with Crippen molar-refractivity contribution in [3.8, 4) is 0 Å². The number of aromatic nitrogens is 2. The van der Waals surface area contributed by atoms with Crippen LogP contribution in [0.15, 0.2) is 12.3 Å². The molecule has 3 N–H and O–H groups in total. The van der Waals surface area contributed by atoms with Gasteiger partial charge in [0.05, 0.1) is 11.8 Å². The van der Waals surface area contributed by atoms with Gasteiger partial charge in [0, 0.05) is 18.4 Å². The average Bonchev–Trinajstić information content (AvgIpc) is 2.79. The zero-order valence-electron chi connectivity index (χ0n) is 11.5. The molecule has 1 heterocycles. The quantitative estimate of drug-likeness (QED) is 0.712. The molecule has 0 radical (unpaired) electrons. The van der Waals surface area contributed by atoms with Crippen molar-refractivity contribution in [3.63, 3.8) is 0 Å². The lowest BCUT2D eigenvalue weighted by Gasteiger charge is -2.28. The molecule has 0 spiro atoms. The summed E-state index contributed by atoms with van der Waals surface area (Å²) in [5.74, 6) is -0.958. The number of carboxylic acid groups (broad SMARTS) is 1. The Balaban J connectivity index is 1.91. The second kappa shape index (κ2) is 6.54. The van der Waals surface area contributed by atoms with E-state index in [0.717, 1.165) is 31.4 Å². The molecule has 1 saturated carbocycles. The number of carboxylic acids is 1. The number of nitrogens with zero attached hydrogens (tertiary/aromatic N) is 1. The van der Waals surface area contributed by atoms with Gasteiger partial charge in [-0.2, -0.15) is 5.10 Å². The van der Waals surface area contributed by atoms with E-state index in [1.807, 2.05) is 0 Å². The smallest absolute Gasteiger partial charge is 0.311 e. The highest BCUT2D eigenvalue weighted by Crippen LogP contribution is 2.34. The molecule has 20 heavy (non-hydrogen) atoms. The third-order valence-corrected chi connectivity index (χ3v) is 4.05. The third kappa shape index (κ3) is 3.59. The number of hydrogen-bond acceptors (Lipinski definition) is 3. The monoisotopic (exact) mass is 279 g/mol. The van der Waals surface area contributed by atoms with Crippen LogP contribution in [0.3, 0.4) is 0 Å². The Hall–Kier alpha value is -1.85. The summed E-state index contributed by atoms with van der Waals surface area (Å²) in [6.45, 7) is 0.218. The van der Waals surface area contributed by atoms with Crippen molar-refractivity contribution >= 4 is 11.9 Å². The molecule has 0 aliphatic heterocycles. The number of rotatable bonds is 5. The Morgan fingerprint density at radius 2 is 2.00 bits per heavy atom. The number of aromatic amines is 1.